The van der Waals surface area contributed by atoms with E-state index in [1.165, 1.54) is 6.08 Å². The van der Waals surface area contributed by atoms with Crippen molar-refractivity contribution in [3.8, 4) is 5.69 Å². The van der Waals surface area contributed by atoms with Crippen LogP contribution in [0, 0.1) is 6.92 Å². The Morgan fingerprint density at radius 1 is 1.37 bits per heavy atom. The van der Waals surface area contributed by atoms with Crippen LogP contribution in [0.4, 0.5) is 0 Å². The lowest BCUT2D eigenvalue weighted by Crippen LogP contribution is -2.34. The molecule has 0 aliphatic carbocycles. The number of aromatic nitrogens is 2. The van der Waals surface area contributed by atoms with Crippen LogP contribution in [0.15, 0.2) is 43.1 Å². The van der Waals surface area contributed by atoms with Crippen molar-refractivity contribution in [1.29, 1.82) is 0 Å². The summed E-state index contributed by atoms with van der Waals surface area (Å²) in [5.74, 6) is 0.813. The summed E-state index contributed by atoms with van der Waals surface area (Å²) in [6, 6.07) is 5.89. The molecule has 1 aromatic carbocycles. The van der Waals surface area contributed by atoms with Gasteiger partial charge in [0.2, 0.25) is 5.91 Å². The second-order valence-electron chi connectivity index (χ2n) is 6.87. The van der Waals surface area contributed by atoms with E-state index in [1.54, 1.807) is 4.90 Å². The van der Waals surface area contributed by atoms with Gasteiger partial charge in [-0.15, -0.1) is 0 Å². The van der Waals surface area contributed by atoms with E-state index in [0.717, 1.165) is 46.7 Å². The highest BCUT2D eigenvalue weighted by Gasteiger charge is 2.21. The number of hydrogen-bond donors (Lipinski definition) is 1. The summed E-state index contributed by atoms with van der Waals surface area (Å²) in [4.78, 5) is 30.4. The van der Waals surface area contributed by atoms with E-state index in [1.807, 2.05) is 29.8 Å². The quantitative estimate of drug-likeness (QED) is 0.852. The third-order valence-corrected chi connectivity index (χ3v) is 5.14. The normalized spacial score (nSPS) is 16.4. The maximum Gasteiger partial charge on any atom is 0.251 e. The topological polar surface area (TPSA) is 67.2 Å². The minimum Gasteiger partial charge on any atom is -0.352 e. The Morgan fingerprint density at radius 2 is 2.22 bits per heavy atom. The summed E-state index contributed by atoms with van der Waals surface area (Å²) < 4.78 is 2.04. The van der Waals surface area contributed by atoms with Gasteiger partial charge < -0.3 is 14.8 Å². The summed E-state index contributed by atoms with van der Waals surface area (Å²) in [6.07, 6.45) is 7.16. The first-order valence-corrected chi connectivity index (χ1v) is 9.15. The fourth-order valence-electron chi connectivity index (χ4n) is 3.70. The molecule has 6 heteroatoms. The van der Waals surface area contributed by atoms with E-state index in [2.05, 4.69) is 24.0 Å². The molecule has 0 unspecified atom stereocenters. The predicted octanol–water partition coefficient (Wildman–Crippen LogP) is 2.27. The van der Waals surface area contributed by atoms with Crippen LogP contribution >= 0.6 is 0 Å². The lowest BCUT2D eigenvalue weighted by molar-refractivity contribution is -0.125. The molecule has 138 valence electrons. The zero-order valence-corrected chi connectivity index (χ0v) is 15.4. The average molecular weight is 362 g/mol. The average Bonchev–Trinajstić information content (AvgIpc) is 3.09. The maximum atomic E-state index is 11.9. The molecular weight excluding hydrogens is 340 g/mol. The highest BCUT2D eigenvalue weighted by atomic mass is 16.2. The number of carbonyl (C=O) groups is 2. The first-order chi connectivity index (χ1) is 13.1. The Hall–Kier alpha value is -3.15. The lowest BCUT2D eigenvalue weighted by atomic mass is 9.99. The van der Waals surface area contributed by atoms with E-state index in [9.17, 15) is 9.59 Å². The number of hydrogen-bond acceptors (Lipinski definition) is 3. The second-order valence-corrected chi connectivity index (χ2v) is 6.87. The molecule has 2 aromatic rings. The van der Waals surface area contributed by atoms with E-state index in [-0.39, 0.29) is 11.8 Å². The van der Waals surface area contributed by atoms with E-state index < -0.39 is 0 Å². The molecule has 0 fully saturated rings. The number of aryl methyl sites for hydroxylation is 1. The van der Waals surface area contributed by atoms with Crippen LogP contribution in [0.25, 0.3) is 11.3 Å². The van der Waals surface area contributed by atoms with Gasteiger partial charge in [-0.05, 0) is 55.2 Å². The fraction of sp³-hybridized carbons (Fsp3) is 0.286. The minimum atomic E-state index is -0.0512. The number of nitrogens with one attached hydrogen (secondary N) is 1. The molecule has 0 saturated heterocycles. The summed E-state index contributed by atoms with van der Waals surface area (Å²) in [7, 11) is 0. The van der Waals surface area contributed by atoms with Gasteiger partial charge in [0, 0.05) is 37.1 Å². The van der Waals surface area contributed by atoms with Crippen molar-refractivity contribution in [3.63, 3.8) is 0 Å². The molecule has 4 rings (SSSR count). The van der Waals surface area contributed by atoms with Crippen molar-refractivity contribution < 1.29 is 9.59 Å². The van der Waals surface area contributed by atoms with Gasteiger partial charge in [0.25, 0.3) is 5.91 Å². The maximum absolute atomic E-state index is 11.9. The van der Waals surface area contributed by atoms with Crippen molar-refractivity contribution >= 4 is 17.4 Å². The molecule has 1 N–H and O–H groups in total. The molecule has 0 saturated carbocycles. The van der Waals surface area contributed by atoms with E-state index in [0.29, 0.717) is 19.6 Å². The summed E-state index contributed by atoms with van der Waals surface area (Å²) in [6.45, 7) is 7.46. The third-order valence-electron chi connectivity index (χ3n) is 5.14. The first kappa shape index (κ1) is 17.3. The van der Waals surface area contributed by atoms with Gasteiger partial charge in [0.1, 0.15) is 5.82 Å². The van der Waals surface area contributed by atoms with Crippen LogP contribution in [0.3, 0.4) is 0 Å². The van der Waals surface area contributed by atoms with Gasteiger partial charge in [0.05, 0.1) is 5.69 Å². The van der Waals surface area contributed by atoms with E-state index in [4.69, 9.17) is 4.98 Å². The number of nitrogens with zero attached hydrogens (tertiary/aromatic N) is 3. The Balaban J connectivity index is 1.64. The fourth-order valence-corrected chi connectivity index (χ4v) is 3.70. The smallest absolute Gasteiger partial charge is 0.251 e. The SMILES string of the molecule is C=CC(=O)N1CCC=C(c2cn(-c3ccc4c(c3)CCNC4=O)c(C)n2)C1. The van der Waals surface area contributed by atoms with Crippen molar-refractivity contribution in [1.82, 2.24) is 19.8 Å². The molecule has 0 radical (unpaired) electrons. The standard InChI is InChI=1S/C21H22N4O2/c1-3-20(26)24-10-4-5-16(12-24)19-13-25(14(2)23-19)17-6-7-18-15(11-17)8-9-22-21(18)27/h3,5-7,11,13H,1,4,8-10,12H2,2H3,(H,22,27). The van der Waals surface area contributed by atoms with Gasteiger partial charge in [-0.2, -0.15) is 0 Å². The highest BCUT2D eigenvalue weighted by molar-refractivity contribution is 5.97. The summed E-state index contributed by atoms with van der Waals surface area (Å²) >= 11 is 0. The predicted molar refractivity (Wildman–Crippen MR) is 104 cm³/mol. The molecule has 2 aliphatic rings. The van der Waals surface area contributed by atoms with Gasteiger partial charge in [-0.3, -0.25) is 9.59 Å². The number of imidazole rings is 1. The van der Waals surface area contributed by atoms with Crippen molar-refractivity contribution in [2.75, 3.05) is 19.6 Å². The minimum absolute atomic E-state index is 0.00909. The van der Waals surface area contributed by atoms with Crippen LogP contribution in [-0.4, -0.2) is 45.9 Å². The summed E-state index contributed by atoms with van der Waals surface area (Å²) in [5, 5.41) is 2.87. The second kappa shape index (κ2) is 6.87. The van der Waals surface area contributed by atoms with Crippen LogP contribution in [-0.2, 0) is 11.2 Å². The van der Waals surface area contributed by atoms with Crippen LogP contribution < -0.4 is 5.32 Å². The van der Waals surface area contributed by atoms with Gasteiger partial charge in [0.15, 0.2) is 0 Å². The highest BCUT2D eigenvalue weighted by Crippen LogP contribution is 2.24. The van der Waals surface area contributed by atoms with Gasteiger partial charge in [-0.25, -0.2) is 4.98 Å². The Morgan fingerprint density at radius 3 is 3.04 bits per heavy atom. The van der Waals surface area contributed by atoms with Crippen LogP contribution in [0.2, 0.25) is 0 Å². The number of rotatable bonds is 3. The zero-order chi connectivity index (χ0) is 19.0. The number of amides is 2. The molecule has 6 nitrogen and oxygen atoms in total. The Kier molecular flexibility index (Phi) is 4.39. The third kappa shape index (κ3) is 3.18. The molecule has 3 heterocycles. The van der Waals surface area contributed by atoms with Gasteiger partial charge >= 0.3 is 0 Å². The monoisotopic (exact) mass is 362 g/mol. The summed E-state index contributed by atoms with van der Waals surface area (Å²) in [5.41, 5.74) is 4.73. The molecule has 0 spiro atoms. The molecule has 2 amide bonds. The van der Waals surface area contributed by atoms with Crippen molar-refractivity contribution in [2.45, 2.75) is 19.8 Å². The Labute approximate surface area is 158 Å². The molecule has 27 heavy (non-hydrogen) atoms. The van der Waals surface area contributed by atoms with Crippen LogP contribution in [0.5, 0.6) is 0 Å². The largest absolute Gasteiger partial charge is 0.352 e. The zero-order valence-electron chi connectivity index (χ0n) is 15.4. The molecule has 2 aliphatic heterocycles. The lowest BCUT2D eigenvalue weighted by Gasteiger charge is -2.25. The molecule has 0 bridgehead atoms. The molecule has 0 atom stereocenters. The number of fused-ring (bicyclic) bond motifs is 1. The Bertz CT molecular complexity index is 971. The van der Waals surface area contributed by atoms with Crippen LogP contribution in [0.1, 0.15) is 33.9 Å². The molecule has 1 aromatic heterocycles. The van der Waals surface area contributed by atoms with Crippen molar-refractivity contribution in [3.05, 3.63) is 65.8 Å². The van der Waals surface area contributed by atoms with Gasteiger partial charge in [-0.1, -0.05) is 12.7 Å². The number of carbonyl (C=O) groups excluding carboxylic acids is 2. The number of benzene rings is 1. The van der Waals surface area contributed by atoms with E-state index >= 15 is 0 Å². The first-order valence-electron chi connectivity index (χ1n) is 9.15. The molecular formula is C21H22N4O2. The van der Waals surface area contributed by atoms with Crippen molar-refractivity contribution in [2.24, 2.45) is 0 Å².